The van der Waals surface area contributed by atoms with E-state index in [1.54, 1.807) is 37.8 Å². The van der Waals surface area contributed by atoms with E-state index in [1.807, 2.05) is 4.72 Å². The first-order chi connectivity index (χ1) is 22.1. The first-order valence-corrected chi connectivity index (χ1v) is 18.8. The molecule has 3 fully saturated rings. The molecule has 1 aromatic rings. The van der Waals surface area contributed by atoms with Gasteiger partial charge in [0, 0.05) is 29.8 Å². The zero-order valence-electron chi connectivity index (χ0n) is 28.1. The van der Waals surface area contributed by atoms with Crippen LogP contribution in [0.3, 0.4) is 0 Å². The quantitative estimate of drug-likeness (QED) is 0.309. The van der Waals surface area contributed by atoms with Crippen molar-refractivity contribution in [1.29, 1.82) is 0 Å². The topological polar surface area (TPSA) is 151 Å². The van der Waals surface area contributed by atoms with E-state index in [-0.39, 0.29) is 47.6 Å². The van der Waals surface area contributed by atoms with Crippen LogP contribution in [0.2, 0.25) is 0 Å². The molecule has 3 N–H and O–H groups in total. The molecule has 2 aliphatic carbocycles. The summed E-state index contributed by atoms with van der Waals surface area (Å²) in [5.41, 5.74) is -0.0797. The second kappa shape index (κ2) is 15.8. The van der Waals surface area contributed by atoms with Crippen molar-refractivity contribution in [3.63, 3.8) is 0 Å². The molecule has 1 aromatic carbocycles. The van der Waals surface area contributed by atoms with Gasteiger partial charge in [-0.15, -0.1) is 0 Å². The van der Waals surface area contributed by atoms with Crippen LogP contribution in [-0.2, 0) is 24.3 Å². The van der Waals surface area contributed by atoms with Gasteiger partial charge in [-0.3, -0.25) is 18.8 Å². The number of ether oxygens (including phenoxy) is 1. The number of amides is 4. The zero-order chi connectivity index (χ0) is 34.4. The third-order valence-corrected chi connectivity index (χ3v) is 10.3. The lowest BCUT2D eigenvalue weighted by Gasteiger charge is -2.37. The Morgan fingerprint density at radius 3 is 2.17 bits per heavy atom. The number of hydrogen-bond acceptors (Lipinski definition) is 7. The number of benzene rings is 1. The highest BCUT2D eigenvalue weighted by molar-refractivity contribution is 7.89. The summed E-state index contributed by atoms with van der Waals surface area (Å²) in [4.78, 5) is 54.4. The van der Waals surface area contributed by atoms with Crippen LogP contribution in [0, 0.1) is 23.7 Å². The Bertz CT molecular complexity index is 1370. The molecule has 13 heteroatoms. The first-order valence-electron chi connectivity index (χ1n) is 16.9. The first kappa shape index (κ1) is 36.6. The Hall–Kier alpha value is -3.22. The Morgan fingerprint density at radius 2 is 1.60 bits per heavy atom. The van der Waals surface area contributed by atoms with Crippen LogP contribution >= 0.6 is 0 Å². The molecule has 4 rings (SSSR count). The molecule has 262 valence electrons. The van der Waals surface area contributed by atoms with Crippen LogP contribution in [0.25, 0.3) is 0 Å². The molecule has 1 heterocycles. The molecular formula is C34H51FN4O7S. The largest absolute Gasteiger partial charge is 0.444 e. The van der Waals surface area contributed by atoms with Crippen molar-refractivity contribution >= 4 is 39.5 Å². The number of carbonyl (C=O) groups excluding carboxylic acids is 4. The Labute approximate surface area is 278 Å². The molecule has 4 amide bonds. The maximum atomic E-state index is 14.1. The molecule has 3 atom stereocenters. The third-order valence-electron chi connectivity index (χ3n) is 9.76. The van der Waals surface area contributed by atoms with Gasteiger partial charge in [0.2, 0.25) is 21.8 Å². The van der Waals surface area contributed by atoms with Crippen LogP contribution in [0.4, 0.5) is 14.9 Å². The van der Waals surface area contributed by atoms with Gasteiger partial charge >= 0.3 is 6.09 Å². The predicted octanol–water partition coefficient (Wildman–Crippen LogP) is 5.17. The smallest absolute Gasteiger partial charge is 0.407 e. The number of nitrogens with one attached hydrogen (secondary N) is 3. The van der Waals surface area contributed by atoms with Crippen LogP contribution in [0.1, 0.15) is 102 Å². The van der Waals surface area contributed by atoms with Crippen LogP contribution in [0.15, 0.2) is 24.3 Å². The lowest BCUT2D eigenvalue weighted by molar-refractivity contribution is -0.142. The van der Waals surface area contributed by atoms with Crippen molar-refractivity contribution in [2.24, 2.45) is 23.7 Å². The highest BCUT2D eigenvalue weighted by atomic mass is 32.2. The fraction of sp³-hybridized carbons (Fsp3) is 0.706. The van der Waals surface area contributed by atoms with Gasteiger partial charge in [-0.2, -0.15) is 0 Å². The summed E-state index contributed by atoms with van der Waals surface area (Å²) in [6.07, 6.45) is 9.25. The van der Waals surface area contributed by atoms with Gasteiger partial charge in [-0.1, -0.05) is 32.1 Å². The number of anilines is 1. The van der Waals surface area contributed by atoms with Gasteiger partial charge in [0.05, 0.1) is 12.9 Å². The molecular weight excluding hydrogens is 627 g/mol. The Kier molecular flexibility index (Phi) is 12.3. The van der Waals surface area contributed by atoms with E-state index in [2.05, 4.69) is 10.6 Å². The van der Waals surface area contributed by atoms with Crippen molar-refractivity contribution in [1.82, 2.24) is 14.9 Å². The molecule has 0 aromatic heterocycles. The normalized spacial score (nSPS) is 24.7. The maximum Gasteiger partial charge on any atom is 0.407 e. The van der Waals surface area contributed by atoms with Crippen LogP contribution in [0.5, 0.6) is 0 Å². The van der Waals surface area contributed by atoms with Crippen molar-refractivity contribution < 1.29 is 36.7 Å². The van der Waals surface area contributed by atoms with E-state index >= 15 is 0 Å². The molecule has 1 saturated heterocycles. The molecule has 0 bridgehead atoms. The lowest BCUT2D eigenvalue weighted by Crippen LogP contribution is -2.50. The average Bonchev–Trinajstić information content (AvgIpc) is 3.45. The summed E-state index contributed by atoms with van der Waals surface area (Å²) < 4.78 is 43.6. The molecule has 0 spiro atoms. The number of nitrogens with zero attached hydrogens (tertiary/aromatic N) is 1. The number of likely N-dealkylation sites (tertiary alicyclic amines) is 1. The van der Waals surface area contributed by atoms with Gasteiger partial charge in [-0.25, -0.2) is 17.9 Å². The van der Waals surface area contributed by atoms with Crippen molar-refractivity contribution in [2.45, 2.75) is 109 Å². The SMILES string of the molecule is CC(C)(C)OC(=O)N[C@H](CCF)C1CCC(C(=O)N2CC[C@@H](C3CCCCC3)[C@H]2C(=O)Nc2ccc(C(=O)NS(C)(=O)=O)cc2)CC1. The Balaban J connectivity index is 1.43. The summed E-state index contributed by atoms with van der Waals surface area (Å²) in [5.74, 6) is -0.890. The summed E-state index contributed by atoms with van der Waals surface area (Å²) in [7, 11) is -3.72. The summed E-state index contributed by atoms with van der Waals surface area (Å²) >= 11 is 0. The standard InChI is InChI=1S/C34H51FN4O7S/c1-34(2,3)46-33(43)37-28(18-20-35)23-10-12-25(13-11-23)32(42)39-21-19-27(22-8-6-5-7-9-22)29(39)31(41)36-26-16-14-24(15-17-26)30(40)38-47(4,44)45/h14-17,22-23,25,27-29H,5-13,18-21H2,1-4H3,(H,36,41)(H,37,43)(H,38,40)/t23?,25?,27-,28+,29-/m0/s1. The highest BCUT2D eigenvalue weighted by Gasteiger charge is 2.47. The summed E-state index contributed by atoms with van der Waals surface area (Å²) in [6, 6.07) is 4.98. The molecule has 11 nitrogen and oxygen atoms in total. The summed E-state index contributed by atoms with van der Waals surface area (Å²) in [5, 5.41) is 5.81. The van der Waals surface area contributed by atoms with E-state index in [0.717, 1.165) is 38.4 Å². The molecule has 3 aliphatic rings. The Morgan fingerprint density at radius 1 is 0.957 bits per heavy atom. The molecule has 1 aliphatic heterocycles. The number of carbonyl (C=O) groups is 4. The second-order valence-electron chi connectivity index (χ2n) is 14.4. The highest BCUT2D eigenvalue weighted by Crippen LogP contribution is 2.41. The number of rotatable bonds is 10. The zero-order valence-corrected chi connectivity index (χ0v) is 28.9. The molecule has 2 saturated carbocycles. The van der Waals surface area contributed by atoms with Crippen LogP contribution < -0.4 is 15.4 Å². The molecule has 0 unspecified atom stereocenters. The number of alkyl carbamates (subject to hydrolysis) is 1. The number of hydrogen-bond donors (Lipinski definition) is 3. The average molecular weight is 679 g/mol. The molecule has 0 radical (unpaired) electrons. The fourth-order valence-electron chi connectivity index (χ4n) is 7.61. The third kappa shape index (κ3) is 10.4. The van der Waals surface area contributed by atoms with Gasteiger partial charge < -0.3 is 20.3 Å². The molecule has 47 heavy (non-hydrogen) atoms. The number of alkyl halides is 1. The van der Waals surface area contributed by atoms with E-state index < -0.39 is 40.3 Å². The monoisotopic (exact) mass is 678 g/mol. The van der Waals surface area contributed by atoms with E-state index in [4.69, 9.17) is 4.74 Å². The number of halogens is 1. The maximum absolute atomic E-state index is 14.1. The van der Waals surface area contributed by atoms with Crippen molar-refractivity contribution in [2.75, 3.05) is 24.8 Å². The minimum atomic E-state index is -3.72. The van der Waals surface area contributed by atoms with E-state index in [1.165, 1.54) is 18.6 Å². The minimum Gasteiger partial charge on any atom is -0.444 e. The van der Waals surface area contributed by atoms with Crippen molar-refractivity contribution in [3.8, 4) is 0 Å². The number of sulfonamides is 1. The fourth-order valence-corrected chi connectivity index (χ4v) is 8.06. The van der Waals surface area contributed by atoms with Gasteiger partial charge in [0.25, 0.3) is 5.91 Å². The van der Waals surface area contributed by atoms with Gasteiger partial charge in [-0.05, 0) is 101 Å². The van der Waals surface area contributed by atoms with Crippen molar-refractivity contribution in [3.05, 3.63) is 29.8 Å². The van der Waals surface area contributed by atoms with E-state index in [0.29, 0.717) is 43.8 Å². The van der Waals surface area contributed by atoms with E-state index in [9.17, 15) is 32.0 Å². The lowest BCUT2D eigenvalue weighted by atomic mass is 9.75. The van der Waals surface area contributed by atoms with Gasteiger partial charge in [0.15, 0.2) is 0 Å². The van der Waals surface area contributed by atoms with Crippen LogP contribution in [-0.4, -0.2) is 74.3 Å². The van der Waals surface area contributed by atoms with Gasteiger partial charge in [0.1, 0.15) is 11.6 Å². The minimum absolute atomic E-state index is 0.0254. The second-order valence-corrected chi connectivity index (χ2v) is 16.2. The summed E-state index contributed by atoms with van der Waals surface area (Å²) in [6.45, 7) is 5.27. The predicted molar refractivity (Wildman–Crippen MR) is 177 cm³/mol.